The summed E-state index contributed by atoms with van der Waals surface area (Å²) in [7, 11) is 0. The molecule has 0 spiro atoms. The average Bonchev–Trinajstić information content (AvgIpc) is 2.69. The number of hydrogen-bond acceptors (Lipinski definition) is 3. The van der Waals surface area contributed by atoms with Gasteiger partial charge in [-0.3, -0.25) is 4.79 Å². The van der Waals surface area contributed by atoms with E-state index in [1.165, 1.54) is 24.9 Å². The lowest BCUT2D eigenvalue weighted by molar-refractivity contribution is 0.104. The van der Waals surface area contributed by atoms with Crippen LogP contribution in [0, 0.1) is 0 Å². The molecule has 0 atom stereocenters. The Bertz CT molecular complexity index is 777. The Morgan fingerprint density at radius 3 is 2.54 bits per heavy atom. The Balaban J connectivity index is 1.71. The number of carbonyl (C=O) groups excluding carboxylic acids is 1. The molecule has 0 bridgehead atoms. The summed E-state index contributed by atoms with van der Waals surface area (Å²) >= 11 is 3.47. The number of hydrogen-bond donors (Lipinski definition) is 0. The van der Waals surface area contributed by atoms with Crippen molar-refractivity contribution in [3.63, 3.8) is 0 Å². The van der Waals surface area contributed by atoms with Crippen molar-refractivity contribution in [2.24, 2.45) is 0 Å². The Morgan fingerprint density at radius 1 is 1.12 bits per heavy atom. The van der Waals surface area contributed by atoms with Crippen molar-refractivity contribution in [2.75, 3.05) is 24.6 Å². The largest absolute Gasteiger partial charge is 0.493 e. The molecule has 0 aliphatic carbocycles. The first-order chi connectivity index (χ1) is 12.7. The number of nitrogens with zero attached hydrogens (tertiary/aromatic N) is 1. The van der Waals surface area contributed by atoms with E-state index in [-0.39, 0.29) is 5.78 Å². The highest BCUT2D eigenvalue weighted by Crippen LogP contribution is 2.25. The van der Waals surface area contributed by atoms with Crippen LogP contribution < -0.4 is 9.64 Å². The quantitative estimate of drug-likeness (QED) is 0.446. The third-order valence-corrected chi connectivity index (χ3v) is 5.05. The van der Waals surface area contributed by atoms with Gasteiger partial charge in [-0.25, -0.2) is 0 Å². The summed E-state index contributed by atoms with van der Waals surface area (Å²) in [5.41, 5.74) is 2.80. The van der Waals surface area contributed by atoms with E-state index >= 15 is 0 Å². The lowest BCUT2D eigenvalue weighted by Crippen LogP contribution is -2.29. The minimum Gasteiger partial charge on any atom is -0.493 e. The van der Waals surface area contributed by atoms with Crippen LogP contribution in [-0.2, 0) is 0 Å². The number of rotatable bonds is 6. The SMILES string of the molecule is CCOc1ccc(Br)cc1/C=C/C(=O)c1ccc(N2CCCCC2)cc1. The average molecular weight is 414 g/mol. The molecule has 0 N–H and O–H groups in total. The highest BCUT2D eigenvalue weighted by molar-refractivity contribution is 9.10. The molecule has 1 aliphatic rings. The van der Waals surface area contributed by atoms with E-state index in [1.807, 2.05) is 43.3 Å². The molecule has 4 heteroatoms. The van der Waals surface area contributed by atoms with Gasteiger partial charge in [0.25, 0.3) is 0 Å². The van der Waals surface area contributed by atoms with Crippen LogP contribution in [0.3, 0.4) is 0 Å². The van der Waals surface area contributed by atoms with Crippen LogP contribution in [0.25, 0.3) is 6.08 Å². The number of allylic oxidation sites excluding steroid dienone is 1. The molecule has 0 radical (unpaired) electrons. The van der Waals surface area contributed by atoms with E-state index in [1.54, 1.807) is 6.08 Å². The van der Waals surface area contributed by atoms with Gasteiger partial charge in [-0.05, 0) is 80.8 Å². The van der Waals surface area contributed by atoms with E-state index in [9.17, 15) is 4.79 Å². The Hall–Kier alpha value is -2.07. The molecule has 0 amide bonds. The number of anilines is 1. The molecule has 1 aliphatic heterocycles. The maximum Gasteiger partial charge on any atom is 0.185 e. The van der Waals surface area contributed by atoms with Crippen LogP contribution in [-0.4, -0.2) is 25.5 Å². The van der Waals surface area contributed by atoms with Crippen LogP contribution in [0.5, 0.6) is 5.75 Å². The van der Waals surface area contributed by atoms with Crippen LogP contribution in [0.1, 0.15) is 42.1 Å². The summed E-state index contributed by atoms with van der Waals surface area (Å²) in [6.07, 6.45) is 7.24. The summed E-state index contributed by atoms with van der Waals surface area (Å²) in [6.45, 7) is 4.76. The van der Waals surface area contributed by atoms with Crippen molar-refractivity contribution in [1.29, 1.82) is 0 Å². The Labute approximate surface area is 163 Å². The van der Waals surface area contributed by atoms with Crippen molar-refractivity contribution in [3.8, 4) is 5.75 Å². The monoisotopic (exact) mass is 413 g/mol. The fourth-order valence-electron chi connectivity index (χ4n) is 3.19. The van der Waals surface area contributed by atoms with E-state index in [2.05, 4.69) is 33.0 Å². The van der Waals surface area contributed by atoms with Gasteiger partial charge in [0.1, 0.15) is 5.75 Å². The first-order valence-corrected chi connectivity index (χ1v) is 9.96. The maximum atomic E-state index is 12.5. The highest BCUT2D eigenvalue weighted by Gasteiger charge is 2.11. The lowest BCUT2D eigenvalue weighted by Gasteiger charge is -2.28. The summed E-state index contributed by atoms with van der Waals surface area (Å²) in [5, 5.41) is 0. The third kappa shape index (κ3) is 4.76. The fourth-order valence-corrected chi connectivity index (χ4v) is 3.57. The molecule has 2 aromatic rings. The van der Waals surface area contributed by atoms with Gasteiger partial charge in [0.2, 0.25) is 0 Å². The molecule has 2 aromatic carbocycles. The van der Waals surface area contributed by atoms with Crippen LogP contribution in [0.15, 0.2) is 53.0 Å². The van der Waals surface area contributed by atoms with Gasteiger partial charge in [-0.1, -0.05) is 15.9 Å². The summed E-state index contributed by atoms with van der Waals surface area (Å²) in [4.78, 5) is 14.9. The first-order valence-electron chi connectivity index (χ1n) is 9.17. The van der Waals surface area contributed by atoms with Crippen molar-refractivity contribution >= 4 is 33.5 Å². The topological polar surface area (TPSA) is 29.5 Å². The summed E-state index contributed by atoms with van der Waals surface area (Å²) < 4.78 is 6.58. The van der Waals surface area contributed by atoms with Gasteiger partial charge in [0.15, 0.2) is 5.78 Å². The molecule has 0 saturated carbocycles. The molecule has 1 fully saturated rings. The zero-order chi connectivity index (χ0) is 18.4. The lowest BCUT2D eigenvalue weighted by atomic mass is 10.1. The Morgan fingerprint density at radius 2 is 1.85 bits per heavy atom. The van der Waals surface area contributed by atoms with Gasteiger partial charge in [-0.15, -0.1) is 0 Å². The molecule has 0 unspecified atom stereocenters. The second-order valence-electron chi connectivity index (χ2n) is 6.41. The van der Waals surface area contributed by atoms with Gasteiger partial charge >= 0.3 is 0 Å². The number of halogens is 1. The first kappa shape index (κ1) is 18.7. The van der Waals surface area contributed by atoms with Crippen molar-refractivity contribution < 1.29 is 9.53 Å². The molecular formula is C22H24BrNO2. The number of piperidine rings is 1. The molecule has 3 nitrogen and oxygen atoms in total. The number of ketones is 1. The second-order valence-corrected chi connectivity index (χ2v) is 7.32. The van der Waals surface area contributed by atoms with E-state index < -0.39 is 0 Å². The smallest absolute Gasteiger partial charge is 0.185 e. The van der Waals surface area contributed by atoms with Crippen molar-refractivity contribution in [1.82, 2.24) is 0 Å². The van der Waals surface area contributed by atoms with Crippen molar-refractivity contribution in [3.05, 3.63) is 64.1 Å². The molecular weight excluding hydrogens is 390 g/mol. The number of benzene rings is 2. The van der Waals surface area contributed by atoms with Crippen molar-refractivity contribution in [2.45, 2.75) is 26.2 Å². The maximum absolute atomic E-state index is 12.5. The van der Waals surface area contributed by atoms with Crippen LogP contribution >= 0.6 is 15.9 Å². The second kappa shape index (κ2) is 9.04. The normalized spacial score (nSPS) is 14.6. The Kier molecular flexibility index (Phi) is 6.51. The zero-order valence-electron chi connectivity index (χ0n) is 15.1. The molecule has 0 aromatic heterocycles. The highest BCUT2D eigenvalue weighted by atomic mass is 79.9. The van der Waals surface area contributed by atoms with Crippen LogP contribution in [0.4, 0.5) is 5.69 Å². The fraction of sp³-hybridized carbons (Fsp3) is 0.318. The third-order valence-electron chi connectivity index (χ3n) is 4.56. The summed E-state index contributed by atoms with van der Waals surface area (Å²) in [6, 6.07) is 13.7. The molecule has 136 valence electrons. The molecule has 3 rings (SSSR count). The number of carbonyl (C=O) groups is 1. The molecule has 1 heterocycles. The summed E-state index contributed by atoms with van der Waals surface area (Å²) in [5.74, 6) is 0.776. The van der Waals surface area contributed by atoms with Gasteiger partial charge in [0, 0.05) is 34.4 Å². The number of ether oxygens (including phenoxy) is 1. The zero-order valence-corrected chi connectivity index (χ0v) is 16.7. The van der Waals surface area contributed by atoms with E-state index in [0.29, 0.717) is 12.2 Å². The molecule has 26 heavy (non-hydrogen) atoms. The van der Waals surface area contributed by atoms with E-state index in [0.717, 1.165) is 28.9 Å². The van der Waals surface area contributed by atoms with Crippen LogP contribution in [0.2, 0.25) is 0 Å². The van der Waals surface area contributed by atoms with Gasteiger partial charge in [-0.2, -0.15) is 0 Å². The predicted molar refractivity (Wildman–Crippen MR) is 111 cm³/mol. The van der Waals surface area contributed by atoms with E-state index in [4.69, 9.17) is 4.74 Å². The minimum atomic E-state index is -0.00221. The molecule has 1 saturated heterocycles. The van der Waals surface area contributed by atoms with Gasteiger partial charge < -0.3 is 9.64 Å². The predicted octanol–water partition coefficient (Wildman–Crippen LogP) is 5.73. The van der Waals surface area contributed by atoms with Gasteiger partial charge in [0.05, 0.1) is 6.61 Å². The minimum absolute atomic E-state index is 0.00221. The standard InChI is InChI=1S/C22H24BrNO2/c1-2-26-22-13-9-19(23)16-18(22)8-12-21(25)17-6-10-20(11-7-17)24-14-4-3-5-15-24/h6-13,16H,2-5,14-15H2,1H3/b12-8+.